The van der Waals surface area contributed by atoms with Crippen LogP contribution in [-0.4, -0.2) is 55.6 Å². The van der Waals surface area contributed by atoms with E-state index in [9.17, 15) is 27.2 Å². The fourth-order valence-electron chi connectivity index (χ4n) is 4.76. The van der Waals surface area contributed by atoms with Crippen LogP contribution in [0.2, 0.25) is 0 Å². The van der Waals surface area contributed by atoms with Gasteiger partial charge in [-0.3, -0.25) is 14.5 Å². The summed E-state index contributed by atoms with van der Waals surface area (Å²) in [6.07, 6.45) is -1.56. The number of aryl methyl sites for hydroxylation is 1. The zero-order chi connectivity index (χ0) is 28.4. The van der Waals surface area contributed by atoms with E-state index < -0.39 is 30.4 Å². The van der Waals surface area contributed by atoms with Gasteiger partial charge in [-0.05, 0) is 47.6 Å². The van der Waals surface area contributed by atoms with Crippen LogP contribution in [0.25, 0.3) is 0 Å². The monoisotopic (exact) mass is 548 g/mol. The Morgan fingerprint density at radius 2 is 1.87 bits per heavy atom. The summed E-state index contributed by atoms with van der Waals surface area (Å²) in [7, 11) is 1.85. The molecule has 12 heteroatoms. The number of likely N-dealkylation sites (tertiary alicyclic amines) is 1. The molecule has 8 nitrogen and oxygen atoms in total. The molecular formula is C27H32F4N6O2. The highest BCUT2D eigenvalue weighted by molar-refractivity contribution is 6.04. The smallest absolute Gasteiger partial charge is 0.322 e. The number of alkyl halides is 4. The van der Waals surface area contributed by atoms with Gasteiger partial charge in [0.15, 0.2) is 0 Å². The van der Waals surface area contributed by atoms with Gasteiger partial charge in [0.1, 0.15) is 30.4 Å². The molecule has 0 atom stereocenters. The van der Waals surface area contributed by atoms with E-state index in [0.29, 0.717) is 48.2 Å². The van der Waals surface area contributed by atoms with Crippen LogP contribution in [0.5, 0.6) is 0 Å². The molecule has 2 aromatic heterocycles. The lowest BCUT2D eigenvalue weighted by atomic mass is 9.81. The number of hydrogen-bond donors (Lipinski definition) is 1. The van der Waals surface area contributed by atoms with Gasteiger partial charge in [0.05, 0.1) is 0 Å². The van der Waals surface area contributed by atoms with E-state index in [1.54, 1.807) is 24.5 Å². The predicted octanol–water partition coefficient (Wildman–Crippen LogP) is 4.25. The molecule has 210 valence electrons. The van der Waals surface area contributed by atoms with Gasteiger partial charge in [0.2, 0.25) is 0 Å². The van der Waals surface area contributed by atoms with E-state index in [0.717, 1.165) is 17.6 Å². The highest BCUT2D eigenvalue weighted by Crippen LogP contribution is 2.29. The van der Waals surface area contributed by atoms with Crippen molar-refractivity contribution in [1.29, 1.82) is 0 Å². The molecule has 3 aromatic rings. The normalized spacial score (nSPS) is 15.5. The maximum atomic E-state index is 13.5. The van der Waals surface area contributed by atoms with Gasteiger partial charge in [-0.1, -0.05) is 26.0 Å². The summed E-state index contributed by atoms with van der Waals surface area (Å²) in [5, 5.41) is 10.7. The van der Waals surface area contributed by atoms with Gasteiger partial charge in [0, 0.05) is 45.0 Å². The first-order chi connectivity index (χ1) is 18.3. The summed E-state index contributed by atoms with van der Waals surface area (Å²) in [5.41, 5.74) is -0.132. The van der Waals surface area contributed by atoms with Crippen LogP contribution in [0.1, 0.15) is 54.0 Å². The Morgan fingerprint density at radius 1 is 1.15 bits per heavy atom. The lowest BCUT2D eigenvalue weighted by molar-refractivity contribution is -0.141. The lowest BCUT2D eigenvalue weighted by Crippen LogP contribution is -2.36. The van der Waals surface area contributed by atoms with Crippen molar-refractivity contribution in [3.63, 3.8) is 0 Å². The molecule has 1 aromatic carbocycles. The lowest BCUT2D eigenvalue weighted by Gasteiger charge is -2.28. The van der Waals surface area contributed by atoms with Crippen LogP contribution in [0.15, 0.2) is 47.7 Å². The summed E-state index contributed by atoms with van der Waals surface area (Å²) in [5.74, 6) is -0.0179. The van der Waals surface area contributed by atoms with Crippen molar-refractivity contribution in [2.75, 3.05) is 18.4 Å². The molecule has 1 aliphatic rings. The van der Waals surface area contributed by atoms with Crippen LogP contribution in [0.3, 0.4) is 0 Å². The predicted molar refractivity (Wildman–Crippen MR) is 138 cm³/mol. The minimum absolute atomic E-state index is 0.205. The third kappa shape index (κ3) is 7.31. The number of halogens is 4. The van der Waals surface area contributed by atoms with Crippen LogP contribution in [0, 0.1) is 0 Å². The third-order valence-corrected chi connectivity index (χ3v) is 6.97. The average molecular weight is 549 g/mol. The number of nitrogens with zero attached hydrogens (tertiary/aromatic N) is 5. The minimum atomic E-state index is -4.65. The second-order valence-corrected chi connectivity index (χ2v) is 10.7. The highest BCUT2D eigenvalue weighted by atomic mass is 19.4. The second-order valence-electron chi connectivity index (χ2n) is 10.7. The fraction of sp³-hybridized carbons (Fsp3) is 0.481. The third-order valence-electron chi connectivity index (χ3n) is 6.97. The van der Waals surface area contributed by atoms with E-state index in [1.165, 1.54) is 6.07 Å². The van der Waals surface area contributed by atoms with Gasteiger partial charge in [-0.25, -0.2) is 4.39 Å². The largest absolute Gasteiger partial charge is 0.406 e. The topological polar surface area (TPSA) is 85.1 Å². The maximum absolute atomic E-state index is 13.5. The molecule has 1 aliphatic heterocycles. The molecule has 0 radical (unpaired) electrons. The maximum Gasteiger partial charge on any atom is 0.406 e. The number of carbonyl (C=O) groups excluding carboxylic acids is 1. The number of anilines is 1. The van der Waals surface area contributed by atoms with Crippen molar-refractivity contribution in [2.24, 2.45) is 7.05 Å². The Morgan fingerprint density at radius 3 is 2.51 bits per heavy atom. The van der Waals surface area contributed by atoms with Crippen LogP contribution < -0.4 is 10.9 Å². The number of benzene rings is 1. The van der Waals surface area contributed by atoms with E-state index in [1.807, 2.05) is 36.4 Å². The summed E-state index contributed by atoms with van der Waals surface area (Å²) in [4.78, 5) is 28.0. The number of piperidine rings is 1. The van der Waals surface area contributed by atoms with Crippen LogP contribution in [-0.2, 0) is 32.0 Å². The number of hydrogen-bond acceptors (Lipinski definition) is 5. The summed E-state index contributed by atoms with van der Waals surface area (Å²) < 4.78 is 55.6. The van der Waals surface area contributed by atoms with E-state index in [4.69, 9.17) is 0 Å². The number of carbonyl (C=O) groups is 1. The van der Waals surface area contributed by atoms with Gasteiger partial charge >= 0.3 is 6.18 Å². The van der Waals surface area contributed by atoms with Crippen LogP contribution in [0.4, 0.5) is 23.2 Å². The second kappa shape index (κ2) is 11.3. The molecule has 0 spiro atoms. The first-order valence-electron chi connectivity index (χ1n) is 12.7. The number of rotatable bonds is 8. The van der Waals surface area contributed by atoms with Crippen molar-refractivity contribution in [2.45, 2.75) is 64.0 Å². The molecule has 0 bridgehead atoms. The summed E-state index contributed by atoms with van der Waals surface area (Å²) in [6.45, 7) is 3.62. The Kier molecular flexibility index (Phi) is 8.24. The molecule has 39 heavy (non-hydrogen) atoms. The molecule has 3 heterocycles. The number of pyridine rings is 1. The van der Waals surface area contributed by atoms with Crippen molar-refractivity contribution in [3.8, 4) is 0 Å². The van der Waals surface area contributed by atoms with Crippen LogP contribution >= 0.6 is 0 Å². The van der Waals surface area contributed by atoms with E-state index in [-0.39, 0.29) is 17.5 Å². The molecule has 1 N–H and O–H groups in total. The molecular weight excluding hydrogens is 516 g/mol. The Bertz CT molecular complexity index is 1370. The molecule has 0 saturated carbocycles. The quantitative estimate of drug-likeness (QED) is 0.426. The summed E-state index contributed by atoms with van der Waals surface area (Å²) >= 11 is 0. The molecule has 4 rings (SSSR count). The molecule has 0 unspecified atom stereocenters. The number of nitrogens with one attached hydrogen (secondary N) is 1. The van der Waals surface area contributed by atoms with Gasteiger partial charge in [-0.2, -0.15) is 13.2 Å². The fourth-order valence-corrected chi connectivity index (χ4v) is 4.76. The molecule has 1 fully saturated rings. The average Bonchev–Trinajstić information content (AvgIpc) is 3.25. The summed E-state index contributed by atoms with van der Waals surface area (Å²) in [6, 6.07) is 8.42. The van der Waals surface area contributed by atoms with Gasteiger partial charge in [0.25, 0.3) is 11.5 Å². The molecule has 0 aliphatic carbocycles. The Labute approximate surface area is 223 Å². The first-order valence-corrected chi connectivity index (χ1v) is 12.7. The van der Waals surface area contributed by atoms with E-state index >= 15 is 0 Å². The van der Waals surface area contributed by atoms with Crippen molar-refractivity contribution >= 4 is 11.6 Å². The Balaban J connectivity index is 1.59. The molecule has 1 amide bonds. The minimum Gasteiger partial charge on any atom is -0.322 e. The SMILES string of the molecule is Cn1cnnc1CC(C)(C)c1cccc(NC(=O)c2cc(CN3CCC(F)CC3)cn(CC(F)(F)F)c2=O)c1. The van der Waals surface area contributed by atoms with E-state index in [2.05, 4.69) is 15.5 Å². The zero-order valence-electron chi connectivity index (χ0n) is 22.1. The zero-order valence-corrected chi connectivity index (χ0v) is 22.1. The standard InChI is InChI=1S/C27H32F4N6O2/c1-26(2,13-23-34-32-17-35(23)3)19-5-4-6-21(12-19)33-24(38)22-11-18(14-36-9-7-20(28)8-10-36)15-37(25(22)39)16-27(29,30)31/h4-6,11-12,15,17,20H,7-10,13-14,16H2,1-3H3,(H,33,38). The Hall–Kier alpha value is -3.54. The molecule has 1 saturated heterocycles. The van der Waals surface area contributed by atoms with Crippen molar-refractivity contribution in [3.05, 3.63) is 75.7 Å². The number of aromatic nitrogens is 4. The van der Waals surface area contributed by atoms with Gasteiger partial charge < -0.3 is 14.5 Å². The van der Waals surface area contributed by atoms with Crippen molar-refractivity contribution < 1.29 is 22.4 Å². The highest BCUT2D eigenvalue weighted by Gasteiger charge is 2.30. The van der Waals surface area contributed by atoms with Gasteiger partial charge in [-0.15, -0.1) is 10.2 Å². The van der Waals surface area contributed by atoms with Crippen molar-refractivity contribution in [1.82, 2.24) is 24.2 Å². The number of amides is 1. The first kappa shape index (κ1) is 28.5.